The second-order valence-corrected chi connectivity index (χ2v) is 8.51. The lowest BCUT2D eigenvalue weighted by Gasteiger charge is -2.17. The van der Waals surface area contributed by atoms with Gasteiger partial charge < -0.3 is 15.4 Å². The summed E-state index contributed by atoms with van der Waals surface area (Å²) < 4.78 is 33.4. The van der Waals surface area contributed by atoms with Crippen molar-refractivity contribution in [3.8, 4) is 0 Å². The summed E-state index contributed by atoms with van der Waals surface area (Å²) in [6, 6.07) is 5.33. The van der Waals surface area contributed by atoms with Gasteiger partial charge in [0.1, 0.15) is 22.9 Å². The predicted octanol–water partition coefficient (Wildman–Crippen LogP) is 0.481. The molecule has 9 nitrogen and oxygen atoms in total. The van der Waals surface area contributed by atoms with Crippen molar-refractivity contribution in [1.82, 2.24) is 10.6 Å². The number of allylic oxidation sites excluding steroid dienone is 2. The topological polar surface area (TPSA) is 126 Å². The fourth-order valence-electron chi connectivity index (χ4n) is 3.36. The predicted molar refractivity (Wildman–Crippen MR) is 110 cm³/mol. The van der Waals surface area contributed by atoms with Gasteiger partial charge in [0.25, 0.3) is 15.9 Å². The van der Waals surface area contributed by atoms with Crippen molar-refractivity contribution in [3.63, 3.8) is 0 Å². The largest absolute Gasteiger partial charge is 0.465 e. The number of ketones is 1. The van der Waals surface area contributed by atoms with Crippen LogP contribution in [0.4, 0.5) is 0 Å². The van der Waals surface area contributed by atoms with E-state index in [0.717, 1.165) is 0 Å². The van der Waals surface area contributed by atoms with Crippen molar-refractivity contribution in [1.29, 1.82) is 0 Å². The van der Waals surface area contributed by atoms with E-state index in [4.69, 9.17) is 4.74 Å². The number of carbonyl (C=O) groups excluding carboxylic acids is 2. The van der Waals surface area contributed by atoms with Crippen LogP contribution < -0.4 is 10.6 Å². The smallest absolute Gasteiger partial charge is 0.285 e. The number of fused-ring (bicyclic) bond motifs is 2. The summed E-state index contributed by atoms with van der Waals surface area (Å²) in [4.78, 5) is 29.5. The Hall–Kier alpha value is -3.27. The summed E-state index contributed by atoms with van der Waals surface area (Å²) in [7, 11) is -3.77. The molecule has 4 rings (SSSR count). The van der Waals surface area contributed by atoms with Crippen LogP contribution in [0, 0.1) is 0 Å². The fraction of sp³-hybridized carbons (Fsp3) is 0.300. The number of nitrogens with zero attached hydrogens (tertiary/aromatic N) is 2. The number of amides is 1. The van der Waals surface area contributed by atoms with Crippen molar-refractivity contribution < 1.29 is 22.7 Å². The summed E-state index contributed by atoms with van der Waals surface area (Å²) >= 11 is 0. The molecule has 0 spiro atoms. The van der Waals surface area contributed by atoms with Crippen LogP contribution in [0.3, 0.4) is 0 Å². The number of Topliss-reactive ketones (excluding diaryl/α,β-unsaturated/α-hetero) is 1. The Morgan fingerprint density at radius 2 is 1.97 bits per heavy atom. The minimum atomic E-state index is -3.77. The molecule has 2 N–H and O–H groups in total. The molecule has 156 valence electrons. The molecule has 0 fully saturated rings. The normalized spacial score (nSPS) is 23.5. The number of hydrogen-bond acceptors (Lipinski definition) is 7. The molecule has 1 aliphatic carbocycles. The van der Waals surface area contributed by atoms with Crippen LogP contribution in [0.5, 0.6) is 0 Å². The number of nitrogens with one attached hydrogen (secondary N) is 2. The molecule has 10 heteroatoms. The van der Waals surface area contributed by atoms with Crippen LogP contribution in [0.15, 0.2) is 62.9 Å². The van der Waals surface area contributed by atoms with E-state index >= 15 is 0 Å². The molecule has 3 atom stereocenters. The average molecular weight is 428 g/mol. The van der Waals surface area contributed by atoms with Gasteiger partial charge in [0, 0.05) is 5.56 Å². The number of aliphatic imine (C=N–C) groups is 1. The van der Waals surface area contributed by atoms with E-state index in [1.165, 1.54) is 6.07 Å². The molecular formula is C20H20N4O5S. The zero-order chi connectivity index (χ0) is 21.3. The molecule has 2 heterocycles. The van der Waals surface area contributed by atoms with Crippen molar-refractivity contribution in [3.05, 3.63) is 54.1 Å². The standard InChI is InChI=1S/C20H20N4O5S/c1-2-13(18(26)20-23-14-8-4-5-9-15(14)29-20)22-17(25)11-21-19-12-7-3-6-10-16(12)30(27,28)24-19/h3-10,13-15H,2,11H2,1H3,(H,21,24)(H,22,25)/t13-,14?,15?/m0/s1. The highest BCUT2D eigenvalue weighted by Gasteiger charge is 2.35. The second-order valence-electron chi connectivity index (χ2n) is 6.93. The van der Waals surface area contributed by atoms with Gasteiger partial charge in [0.2, 0.25) is 11.7 Å². The number of rotatable bonds is 6. The zero-order valence-corrected chi connectivity index (χ0v) is 16.9. The Labute approximate surface area is 173 Å². The molecule has 0 saturated heterocycles. The SMILES string of the molecule is CC[C@H](NC(=O)CNC1=NS(=O)(=O)c2ccccc21)C(=O)C1=NC2C=CC=CC2O1. The van der Waals surface area contributed by atoms with Crippen molar-refractivity contribution in [2.75, 3.05) is 6.54 Å². The van der Waals surface area contributed by atoms with Gasteiger partial charge in [0.15, 0.2) is 0 Å². The Balaban J connectivity index is 1.37. The Morgan fingerprint density at radius 3 is 2.73 bits per heavy atom. The summed E-state index contributed by atoms with van der Waals surface area (Å²) in [6.45, 7) is 1.53. The first-order valence-electron chi connectivity index (χ1n) is 9.50. The molecule has 30 heavy (non-hydrogen) atoms. The van der Waals surface area contributed by atoms with Crippen molar-refractivity contribution in [2.24, 2.45) is 9.39 Å². The quantitative estimate of drug-likeness (QED) is 0.679. The van der Waals surface area contributed by atoms with Gasteiger partial charge in [-0.05, 0) is 24.6 Å². The summed E-state index contributed by atoms with van der Waals surface area (Å²) in [5.41, 5.74) is 0.408. The highest BCUT2D eigenvalue weighted by atomic mass is 32.2. The van der Waals surface area contributed by atoms with Gasteiger partial charge >= 0.3 is 0 Å². The molecule has 1 amide bonds. The Bertz CT molecular complexity index is 1120. The monoisotopic (exact) mass is 428 g/mol. The van der Waals surface area contributed by atoms with E-state index in [0.29, 0.717) is 12.0 Å². The van der Waals surface area contributed by atoms with Crippen LogP contribution in [0.25, 0.3) is 0 Å². The maximum absolute atomic E-state index is 12.7. The first-order valence-corrected chi connectivity index (χ1v) is 10.9. The van der Waals surface area contributed by atoms with Gasteiger partial charge in [-0.15, -0.1) is 4.40 Å². The van der Waals surface area contributed by atoms with E-state index < -0.39 is 27.8 Å². The van der Waals surface area contributed by atoms with E-state index in [-0.39, 0.29) is 35.3 Å². The van der Waals surface area contributed by atoms with Gasteiger partial charge in [0.05, 0.1) is 12.6 Å². The third-order valence-corrected chi connectivity index (χ3v) is 6.22. The number of ether oxygens (including phenoxy) is 1. The highest BCUT2D eigenvalue weighted by Crippen LogP contribution is 2.24. The average Bonchev–Trinajstić information content (AvgIpc) is 3.29. The molecule has 0 saturated carbocycles. The molecule has 3 aliphatic rings. The fourth-order valence-corrected chi connectivity index (χ4v) is 4.56. The molecule has 0 radical (unpaired) electrons. The Morgan fingerprint density at radius 1 is 1.20 bits per heavy atom. The van der Waals surface area contributed by atoms with Crippen LogP contribution in [0.2, 0.25) is 0 Å². The van der Waals surface area contributed by atoms with Gasteiger partial charge in [-0.2, -0.15) is 8.42 Å². The van der Waals surface area contributed by atoms with Gasteiger partial charge in [-0.3, -0.25) is 9.59 Å². The number of hydrogen-bond donors (Lipinski definition) is 2. The molecule has 2 unspecified atom stereocenters. The first-order chi connectivity index (χ1) is 14.4. The molecule has 2 aliphatic heterocycles. The minimum Gasteiger partial charge on any atom is -0.465 e. The van der Waals surface area contributed by atoms with Gasteiger partial charge in [-0.1, -0.05) is 37.3 Å². The lowest BCUT2D eigenvalue weighted by molar-refractivity contribution is -0.125. The van der Waals surface area contributed by atoms with E-state index in [1.54, 1.807) is 25.1 Å². The lowest BCUT2D eigenvalue weighted by Crippen LogP contribution is -2.47. The Kier molecular flexibility index (Phi) is 5.25. The number of sulfonamides is 1. The maximum Gasteiger partial charge on any atom is 0.285 e. The maximum atomic E-state index is 12.7. The lowest BCUT2D eigenvalue weighted by atomic mass is 10.1. The first kappa shape index (κ1) is 20.0. The zero-order valence-electron chi connectivity index (χ0n) is 16.1. The van der Waals surface area contributed by atoms with E-state index in [1.807, 2.05) is 24.3 Å². The number of benzene rings is 1. The van der Waals surface area contributed by atoms with Crippen LogP contribution in [-0.2, 0) is 24.3 Å². The van der Waals surface area contributed by atoms with E-state index in [2.05, 4.69) is 20.0 Å². The second kappa shape index (κ2) is 7.86. The summed E-state index contributed by atoms with van der Waals surface area (Å²) in [5, 5.41) is 5.38. The van der Waals surface area contributed by atoms with Crippen LogP contribution in [0.1, 0.15) is 18.9 Å². The molecule has 0 bridgehead atoms. The number of amidine groups is 1. The third-order valence-electron chi connectivity index (χ3n) is 4.89. The molecule has 1 aromatic carbocycles. The highest BCUT2D eigenvalue weighted by molar-refractivity contribution is 7.90. The molecule has 0 aromatic heterocycles. The molecular weight excluding hydrogens is 408 g/mol. The summed E-state index contributed by atoms with van der Waals surface area (Å²) in [6.07, 6.45) is 7.40. The van der Waals surface area contributed by atoms with E-state index in [9.17, 15) is 18.0 Å². The minimum absolute atomic E-state index is 0.00139. The number of carbonyl (C=O) groups is 2. The summed E-state index contributed by atoms with van der Waals surface area (Å²) in [5.74, 6) is -0.767. The third kappa shape index (κ3) is 3.78. The van der Waals surface area contributed by atoms with Crippen molar-refractivity contribution in [2.45, 2.75) is 36.4 Å². The van der Waals surface area contributed by atoms with Crippen LogP contribution >= 0.6 is 0 Å². The van der Waals surface area contributed by atoms with Gasteiger partial charge in [-0.25, -0.2) is 4.99 Å². The van der Waals surface area contributed by atoms with Crippen molar-refractivity contribution >= 4 is 33.4 Å². The molecule has 1 aromatic rings. The van der Waals surface area contributed by atoms with Crippen LogP contribution in [-0.4, -0.2) is 56.6 Å².